The van der Waals surface area contributed by atoms with E-state index in [0.29, 0.717) is 6.10 Å². The molecule has 1 aliphatic rings. The van der Waals surface area contributed by atoms with Crippen LogP contribution in [0.25, 0.3) is 0 Å². The fourth-order valence-electron chi connectivity index (χ4n) is 1.68. The Morgan fingerprint density at radius 2 is 1.93 bits per heavy atom. The molecule has 1 heterocycles. The quantitative estimate of drug-likeness (QED) is 0.702. The second kappa shape index (κ2) is 4.03. The van der Waals surface area contributed by atoms with Crippen molar-refractivity contribution >= 4 is 5.78 Å². The molecule has 3 heteroatoms. The Hall–Kier alpha value is -1.35. The van der Waals surface area contributed by atoms with Crippen molar-refractivity contribution in [2.24, 2.45) is 0 Å². The summed E-state index contributed by atoms with van der Waals surface area (Å²) in [6.45, 7) is 3.53. The zero-order chi connectivity index (χ0) is 10.8. The van der Waals surface area contributed by atoms with Crippen LogP contribution < -0.4 is 4.74 Å². The molecule has 0 spiro atoms. The summed E-state index contributed by atoms with van der Waals surface area (Å²) in [5.74, 6) is 0.933. The Balaban J connectivity index is 1.95. The minimum absolute atomic E-state index is 0.0879. The van der Waals surface area contributed by atoms with E-state index in [4.69, 9.17) is 4.74 Å². The molecule has 1 aromatic carbocycles. The fraction of sp³-hybridized carbons (Fsp3) is 0.417. The molecule has 15 heavy (non-hydrogen) atoms. The summed E-state index contributed by atoms with van der Waals surface area (Å²) in [6.07, 6.45) is 0.304. The normalized spacial score (nSPS) is 17.2. The molecule has 0 radical (unpaired) electrons. The average Bonchev–Trinajstić information content (AvgIpc) is 2.16. The molecule has 80 valence electrons. The minimum atomic E-state index is 0.0879. The number of Topliss-reactive ketones (excluding diaryl/α,β-unsaturated/α-hetero) is 1. The molecule has 3 nitrogen and oxygen atoms in total. The third-order valence-corrected chi connectivity index (χ3v) is 2.59. The van der Waals surface area contributed by atoms with E-state index < -0.39 is 0 Å². The highest BCUT2D eigenvalue weighted by Gasteiger charge is 2.24. The number of likely N-dealkylation sites (tertiary alicyclic amines) is 1. The van der Waals surface area contributed by atoms with Crippen LogP contribution >= 0.6 is 0 Å². The molecule has 2 rings (SSSR count). The summed E-state index contributed by atoms with van der Waals surface area (Å²) in [5, 5.41) is 0. The number of ketones is 1. The molecular weight excluding hydrogens is 190 g/mol. The lowest BCUT2D eigenvalue weighted by molar-refractivity contribution is 0.0388. The zero-order valence-electron chi connectivity index (χ0n) is 9.06. The molecule has 1 fully saturated rings. The number of carbonyl (C=O) groups is 1. The first kappa shape index (κ1) is 10.2. The molecule has 0 amide bonds. The molecule has 1 saturated heterocycles. The van der Waals surface area contributed by atoms with Crippen LogP contribution in [-0.2, 0) is 0 Å². The Morgan fingerprint density at radius 1 is 1.33 bits per heavy atom. The van der Waals surface area contributed by atoms with Gasteiger partial charge in [-0.2, -0.15) is 0 Å². The van der Waals surface area contributed by atoms with Gasteiger partial charge in [-0.3, -0.25) is 9.69 Å². The maximum Gasteiger partial charge on any atom is 0.159 e. The van der Waals surface area contributed by atoms with E-state index in [2.05, 4.69) is 11.9 Å². The van der Waals surface area contributed by atoms with Crippen LogP contribution in [0.3, 0.4) is 0 Å². The largest absolute Gasteiger partial charge is 0.488 e. The SMILES string of the molecule is CC(=O)c1ccc(OC2CN(C)C2)cc1. The van der Waals surface area contributed by atoms with Crippen LogP contribution in [0.5, 0.6) is 5.75 Å². The molecule has 0 N–H and O–H groups in total. The van der Waals surface area contributed by atoms with E-state index in [9.17, 15) is 4.79 Å². The first-order chi connectivity index (χ1) is 7.15. The van der Waals surface area contributed by atoms with Crippen LogP contribution in [0.15, 0.2) is 24.3 Å². The van der Waals surface area contributed by atoms with E-state index >= 15 is 0 Å². The van der Waals surface area contributed by atoms with Gasteiger partial charge in [0.25, 0.3) is 0 Å². The van der Waals surface area contributed by atoms with Crippen molar-refractivity contribution in [1.82, 2.24) is 4.90 Å². The fourth-order valence-corrected chi connectivity index (χ4v) is 1.68. The van der Waals surface area contributed by atoms with Gasteiger partial charge in [-0.1, -0.05) is 0 Å². The predicted molar refractivity (Wildman–Crippen MR) is 58.4 cm³/mol. The summed E-state index contributed by atoms with van der Waals surface area (Å²) in [5.41, 5.74) is 0.730. The van der Waals surface area contributed by atoms with Gasteiger partial charge in [0.1, 0.15) is 11.9 Å². The van der Waals surface area contributed by atoms with Crippen LogP contribution in [0.4, 0.5) is 0 Å². The Bertz CT molecular complexity index is 352. The Labute approximate surface area is 89.7 Å². The standard InChI is InChI=1S/C12H15NO2/c1-9(14)10-3-5-11(6-4-10)15-12-7-13(2)8-12/h3-6,12H,7-8H2,1-2H3. The maximum atomic E-state index is 11.0. The van der Waals surface area contributed by atoms with Crippen molar-refractivity contribution in [3.8, 4) is 5.75 Å². The number of ether oxygens (including phenoxy) is 1. The van der Waals surface area contributed by atoms with Gasteiger partial charge in [0.15, 0.2) is 5.78 Å². The highest BCUT2D eigenvalue weighted by molar-refractivity contribution is 5.94. The second-order valence-corrected chi connectivity index (χ2v) is 4.04. The minimum Gasteiger partial charge on any atom is -0.488 e. The molecule has 1 aliphatic heterocycles. The Morgan fingerprint density at radius 3 is 2.40 bits per heavy atom. The third-order valence-electron chi connectivity index (χ3n) is 2.59. The summed E-state index contributed by atoms with van der Waals surface area (Å²) in [6, 6.07) is 7.32. The van der Waals surface area contributed by atoms with Gasteiger partial charge in [-0.05, 0) is 38.2 Å². The second-order valence-electron chi connectivity index (χ2n) is 4.04. The van der Waals surface area contributed by atoms with Crippen LogP contribution in [0.1, 0.15) is 17.3 Å². The number of nitrogens with zero attached hydrogens (tertiary/aromatic N) is 1. The van der Waals surface area contributed by atoms with Gasteiger partial charge in [-0.25, -0.2) is 0 Å². The van der Waals surface area contributed by atoms with Crippen molar-refractivity contribution in [1.29, 1.82) is 0 Å². The molecule has 0 aliphatic carbocycles. The maximum absolute atomic E-state index is 11.0. The zero-order valence-corrected chi connectivity index (χ0v) is 9.06. The number of benzene rings is 1. The van der Waals surface area contributed by atoms with Crippen molar-refractivity contribution in [2.45, 2.75) is 13.0 Å². The highest BCUT2D eigenvalue weighted by Crippen LogP contribution is 2.17. The molecular formula is C12H15NO2. The number of hydrogen-bond acceptors (Lipinski definition) is 3. The monoisotopic (exact) mass is 205 g/mol. The summed E-state index contributed by atoms with van der Waals surface area (Å²) < 4.78 is 5.70. The van der Waals surface area contributed by atoms with Gasteiger partial charge in [0.2, 0.25) is 0 Å². The van der Waals surface area contributed by atoms with Gasteiger partial charge in [0, 0.05) is 18.7 Å². The van der Waals surface area contributed by atoms with Crippen LogP contribution in [0, 0.1) is 0 Å². The summed E-state index contributed by atoms with van der Waals surface area (Å²) in [7, 11) is 2.07. The smallest absolute Gasteiger partial charge is 0.159 e. The molecule has 1 aromatic rings. The van der Waals surface area contributed by atoms with Crippen molar-refractivity contribution < 1.29 is 9.53 Å². The first-order valence-electron chi connectivity index (χ1n) is 5.11. The van der Waals surface area contributed by atoms with E-state index in [1.54, 1.807) is 19.1 Å². The Kier molecular flexibility index (Phi) is 2.73. The van der Waals surface area contributed by atoms with Gasteiger partial charge in [0.05, 0.1) is 0 Å². The molecule has 0 atom stereocenters. The van der Waals surface area contributed by atoms with Crippen LogP contribution in [0.2, 0.25) is 0 Å². The van der Waals surface area contributed by atoms with Crippen molar-refractivity contribution in [2.75, 3.05) is 20.1 Å². The molecule has 0 unspecified atom stereocenters. The average molecular weight is 205 g/mol. The van der Waals surface area contributed by atoms with E-state index in [-0.39, 0.29) is 5.78 Å². The lowest BCUT2D eigenvalue weighted by atomic mass is 10.1. The number of hydrogen-bond donors (Lipinski definition) is 0. The number of likely N-dealkylation sites (N-methyl/N-ethyl adjacent to an activating group) is 1. The summed E-state index contributed by atoms with van der Waals surface area (Å²) >= 11 is 0. The van der Waals surface area contributed by atoms with Gasteiger partial charge in [-0.15, -0.1) is 0 Å². The lowest BCUT2D eigenvalue weighted by Gasteiger charge is -2.35. The lowest BCUT2D eigenvalue weighted by Crippen LogP contribution is -2.51. The topological polar surface area (TPSA) is 29.5 Å². The predicted octanol–water partition coefficient (Wildman–Crippen LogP) is 1.58. The first-order valence-corrected chi connectivity index (χ1v) is 5.11. The van der Waals surface area contributed by atoms with Gasteiger partial charge >= 0.3 is 0 Å². The molecule has 0 aromatic heterocycles. The van der Waals surface area contributed by atoms with Crippen molar-refractivity contribution in [3.63, 3.8) is 0 Å². The van der Waals surface area contributed by atoms with E-state index in [1.807, 2.05) is 12.1 Å². The van der Waals surface area contributed by atoms with E-state index in [1.165, 1.54) is 0 Å². The highest BCUT2D eigenvalue weighted by atomic mass is 16.5. The van der Waals surface area contributed by atoms with Gasteiger partial charge < -0.3 is 4.74 Å². The number of carbonyl (C=O) groups excluding carboxylic acids is 1. The molecule has 0 bridgehead atoms. The van der Waals surface area contributed by atoms with Crippen molar-refractivity contribution in [3.05, 3.63) is 29.8 Å². The van der Waals surface area contributed by atoms with E-state index in [0.717, 1.165) is 24.4 Å². The molecule has 0 saturated carbocycles. The number of rotatable bonds is 3. The summed E-state index contributed by atoms with van der Waals surface area (Å²) in [4.78, 5) is 13.2. The van der Waals surface area contributed by atoms with Crippen LogP contribution in [-0.4, -0.2) is 36.9 Å². The third kappa shape index (κ3) is 2.36.